The van der Waals surface area contributed by atoms with Gasteiger partial charge in [0.25, 0.3) is 0 Å². The Hall–Kier alpha value is -0.780. The minimum atomic E-state index is 0.130. The Morgan fingerprint density at radius 1 is 1.43 bits per heavy atom. The monoisotopic (exact) mass is 372 g/mol. The lowest BCUT2D eigenvalue weighted by Gasteiger charge is -2.29. The van der Waals surface area contributed by atoms with Crippen LogP contribution < -0.4 is 5.73 Å². The molecule has 6 heteroatoms. The fourth-order valence-electron chi connectivity index (χ4n) is 2.62. The highest BCUT2D eigenvalue weighted by atomic mass is 79.9. The number of guanidine groups is 1. The number of aliphatic imine (C=N–C) groups is 1. The zero-order valence-electron chi connectivity index (χ0n) is 12.5. The van der Waals surface area contributed by atoms with Gasteiger partial charge in [0.1, 0.15) is 0 Å². The highest BCUT2D eigenvalue weighted by Gasteiger charge is 2.29. The van der Waals surface area contributed by atoms with Crippen LogP contribution in [0.1, 0.15) is 25.5 Å². The molecule has 0 fully saturated rings. The first-order valence-corrected chi connectivity index (χ1v) is 8.47. The normalized spacial score (nSPS) is 18.4. The molecule has 0 aliphatic carbocycles. The van der Waals surface area contributed by atoms with E-state index in [0.29, 0.717) is 12.5 Å². The summed E-state index contributed by atoms with van der Waals surface area (Å²) in [5, 5.41) is 0.765. The number of halogens is 2. The highest BCUT2D eigenvalue weighted by Crippen LogP contribution is 2.32. The molecule has 1 atom stereocenters. The molecule has 0 saturated carbocycles. The molecule has 0 aromatic heterocycles. The van der Waals surface area contributed by atoms with Gasteiger partial charge in [-0.2, -0.15) is 0 Å². The van der Waals surface area contributed by atoms with Gasteiger partial charge in [-0.05, 0) is 36.9 Å². The van der Waals surface area contributed by atoms with E-state index in [4.69, 9.17) is 17.3 Å². The predicted octanol–water partition coefficient (Wildman–Crippen LogP) is 3.12. The number of likely N-dealkylation sites (N-methyl/N-ethyl adjacent to an activating group) is 1. The van der Waals surface area contributed by atoms with Gasteiger partial charge in [-0.1, -0.05) is 41.4 Å². The fourth-order valence-corrected chi connectivity index (χ4v) is 3.25. The van der Waals surface area contributed by atoms with Gasteiger partial charge in [0.05, 0.1) is 12.6 Å². The fraction of sp³-hybridized carbons (Fsp3) is 0.533. The van der Waals surface area contributed by atoms with Crippen LogP contribution in [0.25, 0.3) is 0 Å². The molecule has 1 unspecified atom stereocenters. The van der Waals surface area contributed by atoms with Gasteiger partial charge in [0, 0.05) is 22.6 Å². The van der Waals surface area contributed by atoms with E-state index >= 15 is 0 Å². The largest absolute Gasteiger partial charge is 0.370 e. The molecule has 1 aliphatic rings. The number of benzene rings is 1. The molecule has 1 aromatic rings. The van der Waals surface area contributed by atoms with Gasteiger partial charge < -0.3 is 15.5 Å². The quantitative estimate of drug-likeness (QED) is 0.833. The maximum atomic E-state index is 6.36. The molecule has 0 spiro atoms. The molecular weight excluding hydrogens is 352 g/mol. The third kappa shape index (κ3) is 3.90. The van der Waals surface area contributed by atoms with Crippen molar-refractivity contribution in [1.82, 2.24) is 9.80 Å². The van der Waals surface area contributed by atoms with Crippen molar-refractivity contribution < 1.29 is 0 Å². The zero-order valence-corrected chi connectivity index (χ0v) is 14.9. The molecule has 2 rings (SSSR count). The van der Waals surface area contributed by atoms with Crippen molar-refractivity contribution in [2.75, 3.05) is 32.7 Å². The molecule has 1 heterocycles. The van der Waals surface area contributed by atoms with E-state index in [2.05, 4.69) is 50.6 Å². The molecular formula is C15H22BrClN4. The SMILES string of the molecule is CCN(CC)CCN1C(N)=NCC1c1cc(Br)ccc1Cl. The summed E-state index contributed by atoms with van der Waals surface area (Å²) in [5.74, 6) is 0.614. The molecule has 0 radical (unpaired) electrons. The van der Waals surface area contributed by atoms with Crippen LogP contribution in [0.4, 0.5) is 0 Å². The molecule has 1 aromatic carbocycles. The van der Waals surface area contributed by atoms with Crippen LogP contribution >= 0.6 is 27.5 Å². The molecule has 0 saturated heterocycles. The van der Waals surface area contributed by atoms with Gasteiger partial charge >= 0.3 is 0 Å². The Kier molecular flexibility index (Phi) is 5.90. The van der Waals surface area contributed by atoms with Crippen molar-refractivity contribution in [2.45, 2.75) is 19.9 Å². The van der Waals surface area contributed by atoms with Crippen LogP contribution in [0.3, 0.4) is 0 Å². The average molecular weight is 374 g/mol. The Labute approximate surface area is 140 Å². The Morgan fingerprint density at radius 3 is 2.81 bits per heavy atom. The maximum Gasteiger partial charge on any atom is 0.191 e. The molecule has 116 valence electrons. The van der Waals surface area contributed by atoms with Crippen LogP contribution in [-0.4, -0.2) is 48.5 Å². The van der Waals surface area contributed by atoms with Crippen LogP contribution in [0.15, 0.2) is 27.7 Å². The molecule has 0 bridgehead atoms. The summed E-state index contributed by atoms with van der Waals surface area (Å²) >= 11 is 9.87. The first-order valence-electron chi connectivity index (χ1n) is 7.30. The van der Waals surface area contributed by atoms with E-state index in [1.807, 2.05) is 12.1 Å². The van der Waals surface area contributed by atoms with E-state index in [1.54, 1.807) is 0 Å². The molecule has 4 nitrogen and oxygen atoms in total. The van der Waals surface area contributed by atoms with Crippen molar-refractivity contribution in [3.8, 4) is 0 Å². The summed E-state index contributed by atoms with van der Waals surface area (Å²) in [6.45, 7) is 8.95. The summed E-state index contributed by atoms with van der Waals surface area (Å²) in [6.07, 6.45) is 0. The lowest BCUT2D eigenvalue weighted by Crippen LogP contribution is -2.41. The summed E-state index contributed by atoms with van der Waals surface area (Å²) in [6, 6.07) is 6.06. The van der Waals surface area contributed by atoms with Crippen LogP contribution in [0.5, 0.6) is 0 Å². The summed E-state index contributed by atoms with van der Waals surface area (Å²) in [5.41, 5.74) is 7.15. The van der Waals surface area contributed by atoms with E-state index in [-0.39, 0.29) is 6.04 Å². The average Bonchev–Trinajstić information content (AvgIpc) is 2.84. The Balaban J connectivity index is 2.14. The van der Waals surface area contributed by atoms with Gasteiger partial charge in [0.2, 0.25) is 0 Å². The van der Waals surface area contributed by atoms with Crippen molar-refractivity contribution in [1.29, 1.82) is 0 Å². The molecule has 2 N–H and O–H groups in total. The Bertz CT molecular complexity index is 516. The summed E-state index contributed by atoms with van der Waals surface area (Å²) in [7, 11) is 0. The van der Waals surface area contributed by atoms with E-state index < -0.39 is 0 Å². The zero-order chi connectivity index (χ0) is 15.4. The number of hydrogen-bond acceptors (Lipinski definition) is 4. The van der Waals surface area contributed by atoms with Crippen LogP contribution in [-0.2, 0) is 0 Å². The second-order valence-corrected chi connectivity index (χ2v) is 6.42. The topological polar surface area (TPSA) is 44.9 Å². The van der Waals surface area contributed by atoms with Gasteiger partial charge in [-0.15, -0.1) is 0 Å². The minimum Gasteiger partial charge on any atom is -0.370 e. The minimum absolute atomic E-state index is 0.130. The van der Waals surface area contributed by atoms with Gasteiger partial charge in [-0.25, -0.2) is 0 Å². The summed E-state index contributed by atoms with van der Waals surface area (Å²) in [4.78, 5) is 8.94. The number of hydrogen-bond donors (Lipinski definition) is 1. The van der Waals surface area contributed by atoms with Crippen molar-refractivity contribution in [3.05, 3.63) is 33.3 Å². The Morgan fingerprint density at radius 2 is 2.14 bits per heavy atom. The third-order valence-corrected chi connectivity index (χ3v) is 4.80. The molecule has 0 amide bonds. The van der Waals surface area contributed by atoms with E-state index in [0.717, 1.165) is 41.2 Å². The van der Waals surface area contributed by atoms with Gasteiger partial charge in [0.15, 0.2) is 5.96 Å². The summed E-state index contributed by atoms with van der Waals surface area (Å²) < 4.78 is 1.02. The van der Waals surface area contributed by atoms with Crippen molar-refractivity contribution in [3.63, 3.8) is 0 Å². The second-order valence-electron chi connectivity index (χ2n) is 5.10. The van der Waals surface area contributed by atoms with Crippen molar-refractivity contribution >= 4 is 33.5 Å². The molecule has 21 heavy (non-hydrogen) atoms. The first kappa shape index (κ1) is 16.6. The molecule has 1 aliphatic heterocycles. The van der Waals surface area contributed by atoms with E-state index in [9.17, 15) is 0 Å². The highest BCUT2D eigenvalue weighted by molar-refractivity contribution is 9.10. The van der Waals surface area contributed by atoms with E-state index in [1.165, 1.54) is 0 Å². The smallest absolute Gasteiger partial charge is 0.191 e. The predicted molar refractivity (Wildman–Crippen MR) is 92.9 cm³/mol. The standard InChI is InChI=1S/C15H22BrClN4/c1-3-20(4-2)7-8-21-14(10-19-15(21)18)12-9-11(16)5-6-13(12)17/h5-6,9,14H,3-4,7-8,10H2,1-2H3,(H2,18,19). The number of nitrogens with zero attached hydrogens (tertiary/aromatic N) is 3. The van der Waals surface area contributed by atoms with Crippen LogP contribution in [0, 0.1) is 0 Å². The third-order valence-electron chi connectivity index (χ3n) is 3.97. The maximum absolute atomic E-state index is 6.36. The lowest BCUT2D eigenvalue weighted by molar-refractivity contribution is 0.248. The first-order chi connectivity index (χ1) is 10.1. The lowest BCUT2D eigenvalue weighted by atomic mass is 10.1. The van der Waals surface area contributed by atoms with Gasteiger partial charge in [-0.3, -0.25) is 4.99 Å². The van der Waals surface area contributed by atoms with Crippen molar-refractivity contribution in [2.24, 2.45) is 10.7 Å². The number of nitrogens with two attached hydrogens (primary N) is 1. The number of rotatable bonds is 6. The second kappa shape index (κ2) is 7.47. The van der Waals surface area contributed by atoms with Crippen LogP contribution in [0.2, 0.25) is 5.02 Å².